The quantitative estimate of drug-likeness (QED) is 0.427. The lowest BCUT2D eigenvalue weighted by Gasteiger charge is -2.20. The lowest BCUT2D eigenvalue weighted by Crippen LogP contribution is -2.25. The first kappa shape index (κ1) is 23.4. The fourth-order valence-electron chi connectivity index (χ4n) is 3.77. The lowest BCUT2D eigenvalue weighted by molar-refractivity contribution is 0.0964. The molecule has 3 aromatic carbocycles. The van der Waals surface area contributed by atoms with Crippen molar-refractivity contribution in [3.8, 4) is 22.5 Å². The second kappa shape index (κ2) is 8.57. The SMILES string of the molecule is CNC(=O)c1c(-c2ccc(C)cc2)oc2cc(N(C)S(C)(=O)=O)c(-c3cc(F)cc(F)c3)cc12. The molecule has 0 saturated carbocycles. The van der Waals surface area contributed by atoms with Crippen LogP contribution in [0.4, 0.5) is 14.5 Å². The molecule has 4 aromatic rings. The largest absolute Gasteiger partial charge is 0.455 e. The highest BCUT2D eigenvalue weighted by Crippen LogP contribution is 2.41. The van der Waals surface area contributed by atoms with Crippen LogP contribution in [0.1, 0.15) is 15.9 Å². The van der Waals surface area contributed by atoms with Crippen molar-refractivity contribution in [1.29, 1.82) is 0 Å². The van der Waals surface area contributed by atoms with E-state index in [-0.39, 0.29) is 28.0 Å². The Balaban J connectivity index is 2.10. The number of anilines is 1. The number of nitrogens with zero attached hydrogens (tertiary/aromatic N) is 1. The molecule has 6 nitrogen and oxygen atoms in total. The van der Waals surface area contributed by atoms with Crippen molar-refractivity contribution in [2.75, 3.05) is 24.7 Å². The highest BCUT2D eigenvalue weighted by molar-refractivity contribution is 7.92. The molecule has 176 valence electrons. The van der Waals surface area contributed by atoms with Crippen LogP contribution >= 0.6 is 0 Å². The molecule has 34 heavy (non-hydrogen) atoms. The van der Waals surface area contributed by atoms with Crippen molar-refractivity contribution < 1.29 is 26.4 Å². The first-order valence-electron chi connectivity index (χ1n) is 10.3. The van der Waals surface area contributed by atoms with Gasteiger partial charge in [-0.05, 0) is 30.7 Å². The van der Waals surface area contributed by atoms with Gasteiger partial charge in [-0.3, -0.25) is 9.10 Å². The van der Waals surface area contributed by atoms with Crippen molar-refractivity contribution >= 4 is 32.6 Å². The maximum atomic E-state index is 14.1. The molecule has 0 unspecified atom stereocenters. The van der Waals surface area contributed by atoms with E-state index in [0.717, 1.165) is 34.3 Å². The summed E-state index contributed by atoms with van der Waals surface area (Å²) in [5.41, 5.74) is 2.64. The summed E-state index contributed by atoms with van der Waals surface area (Å²) >= 11 is 0. The normalized spacial score (nSPS) is 11.6. The van der Waals surface area contributed by atoms with E-state index in [0.29, 0.717) is 16.7 Å². The number of halogens is 2. The van der Waals surface area contributed by atoms with Gasteiger partial charge in [0.05, 0.1) is 17.5 Å². The molecule has 9 heteroatoms. The molecule has 1 N–H and O–H groups in total. The Labute approximate surface area is 195 Å². The number of rotatable bonds is 5. The number of hydrogen-bond donors (Lipinski definition) is 1. The smallest absolute Gasteiger partial charge is 0.255 e. The van der Waals surface area contributed by atoms with Crippen LogP contribution in [0.15, 0.2) is 59.0 Å². The molecule has 0 aliphatic rings. The number of amides is 1. The minimum atomic E-state index is -3.73. The van der Waals surface area contributed by atoms with Crippen LogP contribution < -0.4 is 9.62 Å². The van der Waals surface area contributed by atoms with Gasteiger partial charge in [0, 0.05) is 42.7 Å². The van der Waals surface area contributed by atoms with Crippen LogP contribution in [0.5, 0.6) is 0 Å². The third-order valence-corrected chi connectivity index (χ3v) is 6.78. The van der Waals surface area contributed by atoms with Gasteiger partial charge in [0.1, 0.15) is 23.0 Å². The molecule has 4 rings (SSSR count). The molecule has 0 aliphatic carbocycles. The van der Waals surface area contributed by atoms with Crippen molar-refractivity contribution in [3.63, 3.8) is 0 Å². The summed E-state index contributed by atoms with van der Waals surface area (Å²) in [7, 11) is -0.918. The monoisotopic (exact) mass is 484 g/mol. The molecule has 0 spiro atoms. The number of furan rings is 1. The fourth-order valence-corrected chi connectivity index (χ4v) is 4.28. The summed E-state index contributed by atoms with van der Waals surface area (Å²) in [6.07, 6.45) is 1.02. The first-order valence-corrected chi connectivity index (χ1v) is 12.1. The van der Waals surface area contributed by atoms with Crippen LogP contribution in [0, 0.1) is 18.6 Å². The Bertz CT molecular complexity index is 1510. The summed E-state index contributed by atoms with van der Waals surface area (Å²) in [4.78, 5) is 12.9. The third kappa shape index (κ3) is 4.26. The average Bonchev–Trinajstić information content (AvgIpc) is 3.14. The van der Waals surface area contributed by atoms with Crippen LogP contribution in [-0.4, -0.2) is 34.7 Å². The van der Waals surface area contributed by atoms with E-state index >= 15 is 0 Å². The molecule has 0 saturated heterocycles. The fraction of sp³-hybridized carbons (Fsp3) is 0.160. The van der Waals surface area contributed by atoms with Gasteiger partial charge in [-0.2, -0.15) is 0 Å². The maximum Gasteiger partial charge on any atom is 0.255 e. The highest BCUT2D eigenvalue weighted by Gasteiger charge is 2.26. The van der Waals surface area contributed by atoms with E-state index in [1.54, 1.807) is 0 Å². The molecule has 0 fully saturated rings. The average molecular weight is 485 g/mol. The maximum absolute atomic E-state index is 14.1. The number of aryl methyl sites for hydroxylation is 1. The summed E-state index contributed by atoms with van der Waals surface area (Å²) in [6.45, 7) is 1.93. The molecular weight excluding hydrogens is 462 g/mol. The van der Waals surface area contributed by atoms with Crippen molar-refractivity contribution in [2.24, 2.45) is 0 Å². The van der Waals surface area contributed by atoms with Gasteiger partial charge in [-0.25, -0.2) is 17.2 Å². The van der Waals surface area contributed by atoms with Crippen molar-refractivity contribution in [1.82, 2.24) is 5.32 Å². The van der Waals surface area contributed by atoms with Gasteiger partial charge in [0.15, 0.2) is 0 Å². The Morgan fingerprint density at radius 2 is 1.59 bits per heavy atom. The molecule has 0 radical (unpaired) electrons. The Kier molecular flexibility index (Phi) is 5.91. The number of nitrogens with one attached hydrogen (secondary N) is 1. The Morgan fingerprint density at radius 1 is 0.971 bits per heavy atom. The number of sulfonamides is 1. The number of fused-ring (bicyclic) bond motifs is 1. The minimum Gasteiger partial charge on any atom is -0.455 e. The van der Waals surface area contributed by atoms with Crippen molar-refractivity contribution in [3.05, 3.63) is 77.4 Å². The van der Waals surface area contributed by atoms with Gasteiger partial charge >= 0.3 is 0 Å². The van der Waals surface area contributed by atoms with Gasteiger partial charge in [-0.15, -0.1) is 0 Å². The standard InChI is InChI=1S/C25H22F2N2O4S/c1-14-5-7-15(8-6-14)24-23(25(30)28-2)20-12-19(16-9-17(26)11-18(27)10-16)21(13-22(20)33-24)29(3)34(4,31)32/h5-13H,1-4H3,(H,28,30). The second-order valence-corrected chi connectivity index (χ2v) is 10.0. The summed E-state index contributed by atoms with van der Waals surface area (Å²) in [5, 5.41) is 2.97. The third-order valence-electron chi connectivity index (χ3n) is 5.58. The zero-order valence-electron chi connectivity index (χ0n) is 18.9. The summed E-state index contributed by atoms with van der Waals surface area (Å²) < 4.78 is 59.9. The molecule has 1 amide bonds. The van der Waals surface area contributed by atoms with Gasteiger partial charge in [0.2, 0.25) is 10.0 Å². The number of carbonyl (C=O) groups excluding carboxylic acids is 1. The molecular formula is C25H22F2N2O4S. The predicted molar refractivity (Wildman–Crippen MR) is 128 cm³/mol. The van der Waals surface area contributed by atoms with Crippen LogP contribution in [0.25, 0.3) is 33.4 Å². The van der Waals surface area contributed by atoms with E-state index in [9.17, 15) is 22.0 Å². The molecule has 0 atom stereocenters. The van der Waals surface area contributed by atoms with Crippen molar-refractivity contribution in [2.45, 2.75) is 6.92 Å². The molecule has 1 aromatic heterocycles. The van der Waals surface area contributed by atoms with E-state index < -0.39 is 27.6 Å². The van der Waals surface area contributed by atoms with Crippen LogP contribution in [-0.2, 0) is 10.0 Å². The highest BCUT2D eigenvalue weighted by atomic mass is 32.2. The lowest BCUT2D eigenvalue weighted by atomic mass is 9.98. The van der Waals surface area contributed by atoms with Gasteiger partial charge in [-0.1, -0.05) is 29.8 Å². The number of carbonyl (C=O) groups is 1. The number of benzene rings is 3. The zero-order valence-corrected chi connectivity index (χ0v) is 19.8. The number of hydrogen-bond acceptors (Lipinski definition) is 4. The van der Waals surface area contributed by atoms with Crippen LogP contribution in [0.2, 0.25) is 0 Å². The topological polar surface area (TPSA) is 79.6 Å². The van der Waals surface area contributed by atoms with Crippen LogP contribution in [0.3, 0.4) is 0 Å². The van der Waals surface area contributed by atoms with E-state index in [1.165, 1.54) is 26.2 Å². The minimum absolute atomic E-state index is 0.117. The second-order valence-electron chi connectivity index (χ2n) is 8.01. The Hall–Kier alpha value is -3.72. The van der Waals surface area contributed by atoms with Gasteiger partial charge in [0.25, 0.3) is 5.91 Å². The van der Waals surface area contributed by atoms with Gasteiger partial charge < -0.3 is 9.73 Å². The zero-order chi connectivity index (χ0) is 24.8. The summed E-state index contributed by atoms with van der Waals surface area (Å²) in [5.74, 6) is -1.76. The molecule has 0 bridgehead atoms. The van der Waals surface area contributed by atoms with E-state index in [1.807, 2.05) is 31.2 Å². The molecule has 1 heterocycles. The first-order chi connectivity index (χ1) is 16.0. The Morgan fingerprint density at radius 3 is 2.15 bits per heavy atom. The summed E-state index contributed by atoms with van der Waals surface area (Å²) in [6, 6.07) is 13.3. The van der Waals surface area contributed by atoms with E-state index in [2.05, 4.69) is 5.32 Å². The predicted octanol–water partition coefficient (Wildman–Crippen LogP) is 5.11. The molecule has 0 aliphatic heterocycles. The van der Waals surface area contributed by atoms with E-state index in [4.69, 9.17) is 4.42 Å².